The molecule has 0 saturated carbocycles. The van der Waals surface area contributed by atoms with Crippen LogP contribution in [-0.4, -0.2) is 4.98 Å². The first kappa shape index (κ1) is 9.86. The standard InChI is InChI=1S/C7H3BrF2N2O/c8-4-2-12-7(13)5(6(9)10)3(4)1-11/h2,6H,(H,12,13). The van der Waals surface area contributed by atoms with Crippen molar-refractivity contribution in [2.75, 3.05) is 0 Å². The molecule has 1 rings (SSSR count). The number of nitrogens with zero attached hydrogens (tertiary/aromatic N) is 1. The van der Waals surface area contributed by atoms with Crippen LogP contribution < -0.4 is 5.56 Å². The van der Waals surface area contributed by atoms with E-state index in [1.807, 2.05) is 0 Å². The fourth-order valence-electron chi connectivity index (χ4n) is 0.843. The van der Waals surface area contributed by atoms with Crippen molar-refractivity contribution < 1.29 is 8.78 Å². The zero-order chi connectivity index (χ0) is 10.0. The van der Waals surface area contributed by atoms with Gasteiger partial charge in [0.05, 0.1) is 10.0 Å². The van der Waals surface area contributed by atoms with Crippen LogP contribution in [0.5, 0.6) is 0 Å². The van der Waals surface area contributed by atoms with Crippen LogP contribution in [-0.2, 0) is 0 Å². The number of hydrogen-bond acceptors (Lipinski definition) is 2. The van der Waals surface area contributed by atoms with Crippen LogP contribution in [0, 0.1) is 11.3 Å². The number of hydrogen-bond donors (Lipinski definition) is 1. The van der Waals surface area contributed by atoms with Crippen molar-refractivity contribution in [2.24, 2.45) is 0 Å². The predicted octanol–water partition coefficient (Wildman–Crippen LogP) is 1.95. The zero-order valence-corrected chi connectivity index (χ0v) is 7.73. The Kier molecular flexibility index (Phi) is 2.78. The minimum atomic E-state index is -2.95. The molecule has 0 bridgehead atoms. The molecule has 0 amide bonds. The number of rotatable bonds is 1. The van der Waals surface area contributed by atoms with E-state index in [0.29, 0.717) is 0 Å². The van der Waals surface area contributed by atoms with E-state index < -0.39 is 17.5 Å². The zero-order valence-electron chi connectivity index (χ0n) is 6.14. The summed E-state index contributed by atoms with van der Waals surface area (Å²) in [5.41, 5.74) is -2.05. The highest BCUT2D eigenvalue weighted by Gasteiger charge is 2.19. The molecule has 1 aromatic heterocycles. The summed E-state index contributed by atoms with van der Waals surface area (Å²) in [7, 11) is 0. The molecule has 0 spiro atoms. The third-order valence-corrected chi connectivity index (χ3v) is 2.04. The Morgan fingerprint density at radius 1 is 1.62 bits per heavy atom. The van der Waals surface area contributed by atoms with Crippen molar-refractivity contribution in [3.05, 3.63) is 32.2 Å². The van der Waals surface area contributed by atoms with Gasteiger partial charge in [-0.1, -0.05) is 0 Å². The van der Waals surface area contributed by atoms with E-state index in [-0.39, 0.29) is 10.0 Å². The molecule has 3 nitrogen and oxygen atoms in total. The van der Waals surface area contributed by atoms with E-state index in [2.05, 4.69) is 20.9 Å². The number of pyridine rings is 1. The van der Waals surface area contributed by atoms with Crippen LogP contribution in [0.15, 0.2) is 15.5 Å². The Morgan fingerprint density at radius 3 is 2.62 bits per heavy atom. The van der Waals surface area contributed by atoms with Crippen LogP contribution >= 0.6 is 15.9 Å². The summed E-state index contributed by atoms with van der Waals surface area (Å²) in [5.74, 6) is 0. The first-order valence-electron chi connectivity index (χ1n) is 3.17. The molecule has 1 N–H and O–H groups in total. The van der Waals surface area contributed by atoms with Crippen LogP contribution in [0.4, 0.5) is 8.78 Å². The largest absolute Gasteiger partial charge is 0.327 e. The average Bonchev–Trinajstić information content (AvgIpc) is 2.07. The second kappa shape index (κ2) is 3.66. The highest BCUT2D eigenvalue weighted by atomic mass is 79.9. The van der Waals surface area contributed by atoms with Crippen molar-refractivity contribution in [1.29, 1.82) is 5.26 Å². The molecular formula is C7H3BrF2N2O. The second-order valence-corrected chi connectivity index (χ2v) is 3.02. The van der Waals surface area contributed by atoms with Gasteiger partial charge >= 0.3 is 0 Å². The quantitative estimate of drug-likeness (QED) is 0.826. The lowest BCUT2D eigenvalue weighted by atomic mass is 10.1. The first-order valence-corrected chi connectivity index (χ1v) is 3.96. The molecule has 0 saturated heterocycles. The van der Waals surface area contributed by atoms with Crippen molar-refractivity contribution >= 4 is 15.9 Å². The van der Waals surface area contributed by atoms with E-state index in [9.17, 15) is 13.6 Å². The first-order chi connectivity index (χ1) is 6.07. The number of aromatic amines is 1. The lowest BCUT2D eigenvalue weighted by Gasteiger charge is -2.01. The molecule has 68 valence electrons. The van der Waals surface area contributed by atoms with Crippen molar-refractivity contribution in [1.82, 2.24) is 4.98 Å². The Bertz CT molecular complexity index is 421. The summed E-state index contributed by atoms with van der Waals surface area (Å²) in [5, 5.41) is 8.51. The number of H-pyrrole nitrogens is 1. The maximum absolute atomic E-state index is 12.3. The number of halogens is 3. The van der Waals surface area contributed by atoms with Crippen LogP contribution in [0.2, 0.25) is 0 Å². The van der Waals surface area contributed by atoms with Gasteiger partial charge in [0.15, 0.2) is 0 Å². The van der Waals surface area contributed by atoms with E-state index in [1.165, 1.54) is 6.07 Å². The van der Waals surface area contributed by atoms with Gasteiger partial charge in [0.2, 0.25) is 0 Å². The lowest BCUT2D eigenvalue weighted by Crippen LogP contribution is -2.14. The van der Waals surface area contributed by atoms with E-state index >= 15 is 0 Å². The van der Waals surface area contributed by atoms with Gasteiger partial charge in [-0.3, -0.25) is 4.79 Å². The van der Waals surface area contributed by atoms with E-state index in [4.69, 9.17) is 5.26 Å². The van der Waals surface area contributed by atoms with Crippen molar-refractivity contribution in [2.45, 2.75) is 6.43 Å². The van der Waals surface area contributed by atoms with Crippen LogP contribution in [0.3, 0.4) is 0 Å². The van der Waals surface area contributed by atoms with Crippen molar-refractivity contribution in [3.63, 3.8) is 0 Å². The van der Waals surface area contributed by atoms with Gasteiger partial charge in [-0.15, -0.1) is 0 Å². The summed E-state index contributed by atoms with van der Waals surface area (Å²) in [6, 6.07) is 1.54. The van der Waals surface area contributed by atoms with E-state index in [1.54, 1.807) is 0 Å². The molecular weight excluding hydrogens is 246 g/mol. The summed E-state index contributed by atoms with van der Waals surface area (Å²) >= 11 is 2.88. The Labute approximate surface area is 80.1 Å². The summed E-state index contributed by atoms with van der Waals surface area (Å²) in [4.78, 5) is 13.0. The number of nitriles is 1. The van der Waals surface area contributed by atoms with Gasteiger partial charge in [0.25, 0.3) is 12.0 Å². The predicted molar refractivity (Wildman–Crippen MR) is 44.4 cm³/mol. The highest BCUT2D eigenvalue weighted by molar-refractivity contribution is 9.10. The molecule has 1 heterocycles. The smallest absolute Gasteiger partial charge is 0.270 e. The molecule has 13 heavy (non-hydrogen) atoms. The fourth-order valence-corrected chi connectivity index (χ4v) is 1.26. The number of aromatic nitrogens is 1. The van der Waals surface area contributed by atoms with Crippen LogP contribution in [0.1, 0.15) is 17.6 Å². The molecule has 0 aromatic carbocycles. The number of alkyl halides is 2. The molecule has 0 aliphatic heterocycles. The van der Waals surface area contributed by atoms with Crippen molar-refractivity contribution in [3.8, 4) is 6.07 Å². The minimum absolute atomic E-state index is 0.157. The maximum atomic E-state index is 12.3. The maximum Gasteiger partial charge on any atom is 0.270 e. The molecule has 0 aliphatic carbocycles. The molecule has 1 aromatic rings. The minimum Gasteiger partial charge on any atom is -0.327 e. The Hall–Kier alpha value is -1.22. The molecule has 6 heteroatoms. The van der Waals surface area contributed by atoms with Crippen LogP contribution in [0.25, 0.3) is 0 Å². The summed E-state index contributed by atoms with van der Waals surface area (Å²) in [6.45, 7) is 0. The van der Waals surface area contributed by atoms with Gasteiger partial charge in [-0.05, 0) is 15.9 Å². The number of nitrogens with one attached hydrogen (secondary N) is 1. The lowest BCUT2D eigenvalue weighted by molar-refractivity contribution is 0.149. The molecule has 0 aliphatic rings. The monoisotopic (exact) mass is 248 g/mol. The normalized spacial score (nSPS) is 10.1. The molecule has 0 atom stereocenters. The molecule has 0 unspecified atom stereocenters. The second-order valence-electron chi connectivity index (χ2n) is 2.17. The summed E-state index contributed by atoms with van der Waals surface area (Å²) in [6.07, 6.45) is -1.79. The van der Waals surface area contributed by atoms with Gasteiger partial charge in [0.1, 0.15) is 11.6 Å². The third-order valence-electron chi connectivity index (χ3n) is 1.41. The Morgan fingerprint density at radius 2 is 2.23 bits per heavy atom. The summed E-state index contributed by atoms with van der Waals surface area (Å²) < 4.78 is 24.7. The van der Waals surface area contributed by atoms with E-state index in [0.717, 1.165) is 6.20 Å². The third kappa shape index (κ3) is 1.75. The van der Waals surface area contributed by atoms with Gasteiger partial charge < -0.3 is 4.98 Å². The van der Waals surface area contributed by atoms with Gasteiger partial charge in [-0.2, -0.15) is 5.26 Å². The highest BCUT2D eigenvalue weighted by Crippen LogP contribution is 2.23. The van der Waals surface area contributed by atoms with Gasteiger partial charge in [0, 0.05) is 6.20 Å². The fraction of sp³-hybridized carbons (Fsp3) is 0.143. The molecule has 0 radical (unpaired) electrons. The van der Waals surface area contributed by atoms with Gasteiger partial charge in [-0.25, -0.2) is 8.78 Å². The Balaban J connectivity index is 3.56. The SMILES string of the molecule is N#Cc1c(Br)c[nH]c(=O)c1C(F)F. The topological polar surface area (TPSA) is 56.6 Å². The average molecular weight is 249 g/mol. The molecule has 0 fully saturated rings.